The molecule has 1 amide bonds. The number of thioether (sulfide) groups is 1. The standard InChI is InChI=1S/C19H30N4O2S/c1-7-8-9-16(18(24)21-17-10-13(4)25-22-17)26-19-20-14(5)15(6)23(19)11-12(2)3/h10,12,16H,7-9,11H2,1-6H3,(H,21,22,24). The smallest absolute Gasteiger partial charge is 0.239 e. The fraction of sp³-hybridized carbons (Fsp3) is 0.632. The number of imidazole rings is 1. The number of unbranched alkanes of at least 4 members (excludes halogenated alkanes) is 1. The minimum atomic E-state index is -0.209. The normalized spacial score (nSPS) is 12.6. The second kappa shape index (κ2) is 9.26. The molecule has 0 aliphatic rings. The number of nitrogens with one attached hydrogen (secondary N) is 1. The van der Waals surface area contributed by atoms with Crippen molar-refractivity contribution in [2.75, 3.05) is 5.32 Å². The Balaban J connectivity index is 2.19. The second-order valence-corrected chi connectivity index (χ2v) is 8.30. The lowest BCUT2D eigenvalue weighted by Gasteiger charge is -2.17. The topological polar surface area (TPSA) is 73.0 Å². The third-order valence-corrected chi connectivity index (χ3v) is 5.47. The van der Waals surface area contributed by atoms with Crippen LogP contribution in [0.4, 0.5) is 5.82 Å². The molecule has 2 rings (SSSR count). The Labute approximate surface area is 160 Å². The first-order valence-corrected chi connectivity index (χ1v) is 10.1. The minimum absolute atomic E-state index is 0.0499. The van der Waals surface area contributed by atoms with Crippen LogP contribution < -0.4 is 5.32 Å². The van der Waals surface area contributed by atoms with E-state index in [4.69, 9.17) is 9.51 Å². The molecule has 0 bridgehead atoms. The lowest BCUT2D eigenvalue weighted by atomic mass is 10.2. The van der Waals surface area contributed by atoms with Crippen molar-refractivity contribution in [2.24, 2.45) is 5.92 Å². The van der Waals surface area contributed by atoms with Gasteiger partial charge in [-0.05, 0) is 33.1 Å². The molecule has 1 atom stereocenters. The molecule has 2 aromatic heterocycles. The van der Waals surface area contributed by atoms with E-state index < -0.39 is 0 Å². The number of rotatable bonds is 9. The number of amides is 1. The molecule has 7 heteroatoms. The monoisotopic (exact) mass is 378 g/mol. The Morgan fingerprint density at radius 1 is 1.35 bits per heavy atom. The van der Waals surface area contributed by atoms with Crippen molar-refractivity contribution in [3.63, 3.8) is 0 Å². The average molecular weight is 379 g/mol. The number of carbonyl (C=O) groups excluding carboxylic acids is 1. The average Bonchev–Trinajstić information content (AvgIpc) is 3.09. The largest absolute Gasteiger partial charge is 0.360 e. The second-order valence-electron chi connectivity index (χ2n) is 7.13. The molecule has 0 aliphatic carbocycles. The van der Waals surface area contributed by atoms with Crippen LogP contribution in [0.2, 0.25) is 0 Å². The van der Waals surface area contributed by atoms with Gasteiger partial charge in [0.15, 0.2) is 11.0 Å². The van der Waals surface area contributed by atoms with Gasteiger partial charge in [0.1, 0.15) is 5.76 Å². The highest BCUT2D eigenvalue weighted by Crippen LogP contribution is 2.29. The van der Waals surface area contributed by atoms with E-state index in [9.17, 15) is 4.79 Å². The van der Waals surface area contributed by atoms with Gasteiger partial charge in [-0.2, -0.15) is 0 Å². The van der Waals surface area contributed by atoms with E-state index in [-0.39, 0.29) is 11.2 Å². The predicted molar refractivity (Wildman–Crippen MR) is 106 cm³/mol. The maximum absolute atomic E-state index is 12.8. The molecular weight excluding hydrogens is 348 g/mol. The molecule has 1 unspecified atom stereocenters. The summed E-state index contributed by atoms with van der Waals surface area (Å²) in [7, 11) is 0. The molecule has 144 valence electrons. The van der Waals surface area contributed by atoms with E-state index in [1.165, 1.54) is 5.69 Å². The number of nitrogens with zero attached hydrogens (tertiary/aromatic N) is 3. The fourth-order valence-corrected chi connectivity index (χ4v) is 3.92. The lowest BCUT2D eigenvalue weighted by molar-refractivity contribution is -0.115. The molecular formula is C19H30N4O2S. The molecule has 0 aliphatic heterocycles. The van der Waals surface area contributed by atoms with Gasteiger partial charge in [-0.15, -0.1) is 0 Å². The van der Waals surface area contributed by atoms with Crippen molar-refractivity contribution >= 4 is 23.5 Å². The third kappa shape index (κ3) is 5.37. The van der Waals surface area contributed by atoms with Gasteiger partial charge in [-0.1, -0.05) is 50.5 Å². The number of hydrogen-bond acceptors (Lipinski definition) is 5. The van der Waals surface area contributed by atoms with Crippen molar-refractivity contribution < 1.29 is 9.32 Å². The molecule has 0 spiro atoms. The summed E-state index contributed by atoms with van der Waals surface area (Å²) in [5.74, 6) is 1.61. The van der Waals surface area contributed by atoms with Crippen molar-refractivity contribution in [3.05, 3.63) is 23.2 Å². The van der Waals surface area contributed by atoms with Crippen LogP contribution in [0.25, 0.3) is 0 Å². The number of aryl methyl sites for hydroxylation is 2. The van der Waals surface area contributed by atoms with E-state index in [0.717, 1.165) is 36.7 Å². The number of anilines is 1. The van der Waals surface area contributed by atoms with E-state index >= 15 is 0 Å². The van der Waals surface area contributed by atoms with Crippen LogP contribution in [0, 0.1) is 26.7 Å². The van der Waals surface area contributed by atoms with Gasteiger partial charge < -0.3 is 14.4 Å². The van der Waals surface area contributed by atoms with Gasteiger partial charge in [0.05, 0.1) is 10.9 Å². The third-order valence-electron chi connectivity index (χ3n) is 4.21. The number of hydrogen-bond donors (Lipinski definition) is 1. The van der Waals surface area contributed by atoms with E-state index in [2.05, 4.69) is 42.7 Å². The van der Waals surface area contributed by atoms with Crippen LogP contribution >= 0.6 is 11.8 Å². The van der Waals surface area contributed by atoms with E-state index in [1.807, 2.05) is 6.92 Å². The Morgan fingerprint density at radius 3 is 2.65 bits per heavy atom. The maximum Gasteiger partial charge on any atom is 0.239 e. The van der Waals surface area contributed by atoms with E-state index in [1.54, 1.807) is 24.8 Å². The number of aromatic nitrogens is 3. The summed E-state index contributed by atoms with van der Waals surface area (Å²) < 4.78 is 7.27. The van der Waals surface area contributed by atoms with Gasteiger partial charge >= 0.3 is 0 Å². The van der Waals surface area contributed by atoms with Crippen molar-refractivity contribution in [1.82, 2.24) is 14.7 Å². The van der Waals surface area contributed by atoms with Crippen molar-refractivity contribution in [3.8, 4) is 0 Å². The van der Waals surface area contributed by atoms with Crippen molar-refractivity contribution in [2.45, 2.75) is 77.8 Å². The summed E-state index contributed by atoms with van der Waals surface area (Å²) in [6, 6.07) is 1.73. The molecule has 2 heterocycles. The molecule has 0 aromatic carbocycles. The zero-order valence-electron chi connectivity index (χ0n) is 16.6. The van der Waals surface area contributed by atoms with Crippen LogP contribution in [0.15, 0.2) is 15.7 Å². The zero-order chi connectivity index (χ0) is 19.3. The first kappa shape index (κ1) is 20.6. The van der Waals surface area contributed by atoms with Crippen LogP contribution in [-0.4, -0.2) is 25.9 Å². The first-order chi connectivity index (χ1) is 12.3. The summed E-state index contributed by atoms with van der Waals surface area (Å²) >= 11 is 1.55. The Kier molecular flexibility index (Phi) is 7.32. The summed E-state index contributed by atoms with van der Waals surface area (Å²) in [6.07, 6.45) is 2.84. The van der Waals surface area contributed by atoms with Gasteiger partial charge in [0.2, 0.25) is 5.91 Å². The quantitative estimate of drug-likeness (QED) is 0.638. The van der Waals surface area contributed by atoms with Crippen LogP contribution in [-0.2, 0) is 11.3 Å². The Morgan fingerprint density at radius 2 is 2.08 bits per heavy atom. The maximum atomic E-state index is 12.8. The molecule has 26 heavy (non-hydrogen) atoms. The first-order valence-electron chi connectivity index (χ1n) is 9.26. The van der Waals surface area contributed by atoms with Crippen LogP contribution in [0.1, 0.15) is 57.2 Å². The summed E-state index contributed by atoms with van der Waals surface area (Å²) in [5, 5.41) is 7.44. The highest BCUT2D eigenvalue weighted by molar-refractivity contribution is 8.00. The fourth-order valence-electron chi connectivity index (χ4n) is 2.69. The number of carbonyl (C=O) groups is 1. The molecule has 2 aromatic rings. The highest BCUT2D eigenvalue weighted by Gasteiger charge is 2.24. The molecule has 0 saturated heterocycles. The lowest BCUT2D eigenvalue weighted by Crippen LogP contribution is -2.26. The summed E-state index contributed by atoms with van der Waals surface area (Å²) in [5.41, 5.74) is 2.19. The Bertz CT molecular complexity index is 736. The molecule has 1 N–H and O–H groups in total. The summed E-state index contributed by atoms with van der Waals surface area (Å²) in [6.45, 7) is 13.3. The van der Waals surface area contributed by atoms with Crippen LogP contribution in [0.5, 0.6) is 0 Å². The predicted octanol–water partition coefficient (Wildman–Crippen LogP) is 4.74. The Hall–Kier alpha value is -1.76. The van der Waals surface area contributed by atoms with Gasteiger partial charge in [-0.25, -0.2) is 4.98 Å². The van der Waals surface area contributed by atoms with Gasteiger partial charge in [-0.3, -0.25) is 4.79 Å². The molecule has 6 nitrogen and oxygen atoms in total. The molecule has 0 fully saturated rings. The summed E-state index contributed by atoms with van der Waals surface area (Å²) in [4.78, 5) is 17.5. The zero-order valence-corrected chi connectivity index (χ0v) is 17.4. The van der Waals surface area contributed by atoms with Gasteiger partial charge in [0.25, 0.3) is 0 Å². The van der Waals surface area contributed by atoms with Crippen LogP contribution in [0.3, 0.4) is 0 Å². The molecule has 0 saturated carbocycles. The molecule has 0 radical (unpaired) electrons. The minimum Gasteiger partial charge on any atom is -0.360 e. The van der Waals surface area contributed by atoms with Crippen molar-refractivity contribution in [1.29, 1.82) is 0 Å². The highest BCUT2D eigenvalue weighted by atomic mass is 32.2. The van der Waals surface area contributed by atoms with Gasteiger partial charge in [0, 0.05) is 18.3 Å². The van der Waals surface area contributed by atoms with E-state index in [0.29, 0.717) is 17.5 Å². The SMILES string of the molecule is CCCCC(Sc1nc(C)c(C)n1CC(C)C)C(=O)Nc1cc(C)on1.